The van der Waals surface area contributed by atoms with Crippen molar-refractivity contribution >= 4 is 50.0 Å². The Balaban J connectivity index is 2.30. The van der Waals surface area contributed by atoms with Crippen LogP contribution in [0.2, 0.25) is 10.0 Å². The molecule has 0 saturated carbocycles. The molecule has 0 aliphatic heterocycles. The van der Waals surface area contributed by atoms with Gasteiger partial charge in [0.1, 0.15) is 5.82 Å². The van der Waals surface area contributed by atoms with Gasteiger partial charge in [-0.05, 0) is 46.3 Å². The molecule has 2 aromatic carbocycles. The molecular formula is C15H6BrCl2F4N. The molecular weight excluding hydrogens is 421 g/mol. The van der Waals surface area contributed by atoms with Crippen molar-refractivity contribution < 1.29 is 17.6 Å². The summed E-state index contributed by atoms with van der Waals surface area (Å²) in [6.45, 7) is 0. The van der Waals surface area contributed by atoms with Gasteiger partial charge in [0.05, 0.1) is 26.8 Å². The Kier molecular flexibility index (Phi) is 4.11. The van der Waals surface area contributed by atoms with Crippen molar-refractivity contribution in [3.8, 4) is 5.69 Å². The topological polar surface area (TPSA) is 4.93 Å². The molecule has 0 aliphatic rings. The molecule has 0 aliphatic carbocycles. The zero-order chi connectivity index (χ0) is 16.9. The van der Waals surface area contributed by atoms with Crippen LogP contribution >= 0.6 is 39.1 Å². The van der Waals surface area contributed by atoms with Crippen molar-refractivity contribution in [2.75, 3.05) is 0 Å². The molecule has 1 aromatic heterocycles. The molecule has 8 heteroatoms. The van der Waals surface area contributed by atoms with E-state index >= 15 is 0 Å². The Labute approximate surface area is 146 Å². The minimum absolute atomic E-state index is 0.155. The maximum Gasteiger partial charge on any atom is 0.416 e. The average Bonchev–Trinajstić information content (AvgIpc) is 2.73. The SMILES string of the molecule is Fc1ccc2c(Br)cn(-c3c(Cl)cc(C(F)(F)F)cc3Cl)c2c1. The molecule has 0 spiro atoms. The van der Waals surface area contributed by atoms with Gasteiger partial charge in [0.2, 0.25) is 0 Å². The van der Waals surface area contributed by atoms with E-state index in [1.165, 1.54) is 16.7 Å². The summed E-state index contributed by atoms with van der Waals surface area (Å²) in [5, 5.41) is 0.315. The van der Waals surface area contributed by atoms with E-state index in [1.54, 1.807) is 12.3 Å². The Morgan fingerprint density at radius 1 is 1.00 bits per heavy atom. The van der Waals surface area contributed by atoms with E-state index in [-0.39, 0.29) is 15.7 Å². The molecule has 0 saturated heterocycles. The molecule has 0 unspecified atom stereocenters. The molecule has 0 N–H and O–H groups in total. The molecule has 0 radical (unpaired) electrons. The molecule has 0 fully saturated rings. The van der Waals surface area contributed by atoms with Gasteiger partial charge in [0, 0.05) is 16.1 Å². The summed E-state index contributed by atoms with van der Waals surface area (Å²) in [5.41, 5.74) is -0.360. The summed E-state index contributed by atoms with van der Waals surface area (Å²) >= 11 is 15.3. The lowest BCUT2D eigenvalue weighted by Gasteiger charge is -2.14. The van der Waals surface area contributed by atoms with Crippen LogP contribution in [0.1, 0.15) is 5.56 Å². The second-order valence-corrected chi connectivity index (χ2v) is 6.46. The maximum atomic E-state index is 13.5. The number of fused-ring (bicyclic) bond motifs is 1. The first-order valence-corrected chi connectivity index (χ1v) is 7.76. The van der Waals surface area contributed by atoms with Crippen molar-refractivity contribution in [2.45, 2.75) is 6.18 Å². The first kappa shape index (κ1) is 16.6. The summed E-state index contributed by atoms with van der Waals surface area (Å²) in [5.74, 6) is -0.483. The van der Waals surface area contributed by atoms with Gasteiger partial charge in [-0.25, -0.2) is 4.39 Å². The van der Waals surface area contributed by atoms with Crippen LogP contribution in [0, 0.1) is 5.82 Å². The number of hydrogen-bond donors (Lipinski definition) is 0. The number of alkyl halides is 3. The van der Waals surface area contributed by atoms with Gasteiger partial charge in [0.15, 0.2) is 0 Å². The lowest BCUT2D eigenvalue weighted by molar-refractivity contribution is -0.137. The molecule has 3 aromatic rings. The highest BCUT2D eigenvalue weighted by Gasteiger charge is 2.32. The third kappa shape index (κ3) is 2.95. The molecule has 0 atom stereocenters. The van der Waals surface area contributed by atoms with E-state index in [4.69, 9.17) is 23.2 Å². The van der Waals surface area contributed by atoms with Gasteiger partial charge in [-0.3, -0.25) is 0 Å². The lowest BCUT2D eigenvalue weighted by Crippen LogP contribution is -2.06. The summed E-state index contributed by atoms with van der Waals surface area (Å²) in [4.78, 5) is 0. The van der Waals surface area contributed by atoms with Gasteiger partial charge in [-0.2, -0.15) is 13.2 Å². The van der Waals surface area contributed by atoms with E-state index in [0.29, 0.717) is 15.4 Å². The number of benzene rings is 2. The largest absolute Gasteiger partial charge is 0.416 e. The Morgan fingerprint density at radius 2 is 1.61 bits per heavy atom. The van der Waals surface area contributed by atoms with Gasteiger partial charge in [-0.1, -0.05) is 23.2 Å². The van der Waals surface area contributed by atoms with E-state index in [9.17, 15) is 17.6 Å². The van der Waals surface area contributed by atoms with Crippen LogP contribution in [0.4, 0.5) is 17.6 Å². The van der Waals surface area contributed by atoms with Gasteiger partial charge in [-0.15, -0.1) is 0 Å². The van der Waals surface area contributed by atoms with Crippen molar-refractivity contribution in [1.29, 1.82) is 0 Å². The number of nitrogens with zero attached hydrogens (tertiary/aromatic N) is 1. The first-order valence-electron chi connectivity index (χ1n) is 6.21. The number of rotatable bonds is 1. The standard InChI is InChI=1S/C15H6BrCl2F4N/c16-10-6-23(13-5-8(19)1-2-9(10)13)14-11(17)3-7(4-12(14)18)15(20,21)22/h1-6H. The van der Waals surface area contributed by atoms with Gasteiger partial charge in [0.25, 0.3) is 0 Å². The lowest BCUT2D eigenvalue weighted by atomic mass is 10.2. The quantitative estimate of drug-likeness (QED) is 0.374. The smallest absolute Gasteiger partial charge is 0.313 e. The zero-order valence-corrected chi connectivity index (χ0v) is 14.2. The van der Waals surface area contributed by atoms with E-state index in [1.807, 2.05) is 0 Å². The predicted molar refractivity (Wildman–Crippen MR) is 86.0 cm³/mol. The van der Waals surface area contributed by atoms with Crippen molar-refractivity contribution in [3.05, 3.63) is 62.4 Å². The van der Waals surface area contributed by atoms with Crippen LogP contribution in [-0.2, 0) is 6.18 Å². The normalized spacial score (nSPS) is 12.1. The van der Waals surface area contributed by atoms with E-state index in [0.717, 1.165) is 12.1 Å². The number of hydrogen-bond acceptors (Lipinski definition) is 0. The molecule has 0 bridgehead atoms. The number of aromatic nitrogens is 1. The third-order valence-corrected chi connectivity index (χ3v) is 4.51. The Morgan fingerprint density at radius 3 is 2.17 bits per heavy atom. The maximum absolute atomic E-state index is 13.5. The molecule has 1 nitrogen and oxygen atoms in total. The summed E-state index contributed by atoms with van der Waals surface area (Å²) in [6.07, 6.45) is -2.98. The van der Waals surface area contributed by atoms with Crippen LogP contribution < -0.4 is 0 Å². The second-order valence-electron chi connectivity index (χ2n) is 4.79. The van der Waals surface area contributed by atoms with Gasteiger partial charge < -0.3 is 4.57 Å². The van der Waals surface area contributed by atoms with Crippen LogP contribution in [0.5, 0.6) is 0 Å². The minimum Gasteiger partial charge on any atom is -0.313 e. The minimum atomic E-state index is -4.56. The molecule has 3 rings (SSSR count). The molecule has 0 amide bonds. The fourth-order valence-corrected chi connectivity index (χ4v) is 3.51. The summed E-state index contributed by atoms with van der Waals surface area (Å²) in [6, 6.07) is 5.68. The van der Waals surface area contributed by atoms with E-state index in [2.05, 4.69) is 15.9 Å². The summed E-state index contributed by atoms with van der Waals surface area (Å²) < 4.78 is 54.0. The highest BCUT2D eigenvalue weighted by Crippen LogP contribution is 2.40. The zero-order valence-electron chi connectivity index (χ0n) is 11.1. The van der Waals surface area contributed by atoms with Crippen LogP contribution in [0.25, 0.3) is 16.6 Å². The highest BCUT2D eigenvalue weighted by molar-refractivity contribution is 9.10. The average molecular weight is 427 g/mol. The second kappa shape index (κ2) is 5.69. The first-order chi connectivity index (χ1) is 10.7. The monoisotopic (exact) mass is 425 g/mol. The third-order valence-electron chi connectivity index (χ3n) is 3.30. The van der Waals surface area contributed by atoms with Crippen molar-refractivity contribution in [3.63, 3.8) is 0 Å². The van der Waals surface area contributed by atoms with Crippen LogP contribution in [0.3, 0.4) is 0 Å². The molecule has 120 valence electrons. The molecule has 1 heterocycles. The van der Waals surface area contributed by atoms with Crippen molar-refractivity contribution in [1.82, 2.24) is 4.57 Å². The fourth-order valence-electron chi connectivity index (χ4n) is 2.30. The number of halogens is 7. The van der Waals surface area contributed by atoms with Gasteiger partial charge >= 0.3 is 6.18 Å². The highest BCUT2D eigenvalue weighted by atomic mass is 79.9. The summed E-state index contributed by atoms with van der Waals surface area (Å²) in [7, 11) is 0. The predicted octanol–water partition coefficient (Wildman–Crippen LogP) is 6.86. The van der Waals surface area contributed by atoms with Crippen LogP contribution in [-0.4, -0.2) is 4.57 Å². The van der Waals surface area contributed by atoms with E-state index < -0.39 is 17.6 Å². The van der Waals surface area contributed by atoms with Crippen LogP contribution in [0.15, 0.2) is 41.0 Å². The Bertz CT molecular complexity index is 895. The van der Waals surface area contributed by atoms with Crippen molar-refractivity contribution in [2.24, 2.45) is 0 Å². The molecule has 23 heavy (non-hydrogen) atoms. The fraction of sp³-hybridized carbons (Fsp3) is 0.0667. The Hall–Kier alpha value is -1.24.